The van der Waals surface area contributed by atoms with Crippen LogP contribution in [0.5, 0.6) is 0 Å². The highest BCUT2D eigenvalue weighted by Gasteiger charge is 2.20. The van der Waals surface area contributed by atoms with Gasteiger partial charge in [-0.05, 0) is 61.8 Å². The highest BCUT2D eigenvalue weighted by molar-refractivity contribution is 7.89. The molecule has 0 saturated heterocycles. The number of hydrogen-bond donors (Lipinski definition) is 3. The van der Waals surface area contributed by atoms with E-state index in [2.05, 4.69) is 9.88 Å². The topological polar surface area (TPSA) is 113 Å². The molecule has 158 valence electrons. The van der Waals surface area contributed by atoms with E-state index in [1.165, 1.54) is 0 Å². The molecule has 0 atom stereocenters. The number of hydrogen-bond acceptors (Lipinski definition) is 6. The van der Waals surface area contributed by atoms with Gasteiger partial charge in [-0.2, -0.15) is 0 Å². The van der Waals surface area contributed by atoms with E-state index in [1.807, 2.05) is 19.1 Å². The normalized spacial score (nSPS) is 11.6. The molecule has 0 spiro atoms. The average Bonchev–Trinajstić information content (AvgIpc) is 3.04. The van der Waals surface area contributed by atoms with Crippen LogP contribution in [0, 0.1) is 20.8 Å². The van der Waals surface area contributed by atoms with Crippen LogP contribution in [0.3, 0.4) is 0 Å². The molecule has 7 nitrogen and oxygen atoms in total. The summed E-state index contributed by atoms with van der Waals surface area (Å²) in [6, 6.07) is 12.3. The van der Waals surface area contributed by atoms with Crippen LogP contribution in [-0.4, -0.2) is 37.3 Å². The number of nitrogens with one attached hydrogen (secondary N) is 1. The molecule has 0 aliphatic carbocycles. The summed E-state index contributed by atoms with van der Waals surface area (Å²) in [4.78, 5) is 0.214. The molecule has 3 N–H and O–H groups in total. The lowest BCUT2D eigenvalue weighted by molar-refractivity contribution is 0.393. The van der Waals surface area contributed by atoms with Gasteiger partial charge < -0.3 is 14.6 Å². The van der Waals surface area contributed by atoms with Crippen LogP contribution in [0.1, 0.15) is 29.0 Å². The summed E-state index contributed by atoms with van der Waals surface area (Å²) < 4.78 is 33.6. The molecular formula is C21H25BN2O5S. The van der Waals surface area contributed by atoms with Gasteiger partial charge in [0.05, 0.1) is 10.6 Å². The molecule has 0 amide bonds. The van der Waals surface area contributed by atoms with Crippen molar-refractivity contribution in [3.63, 3.8) is 0 Å². The van der Waals surface area contributed by atoms with Crippen LogP contribution >= 0.6 is 0 Å². The maximum Gasteiger partial charge on any atom is 0.488 e. The van der Waals surface area contributed by atoms with Crippen molar-refractivity contribution in [3.05, 3.63) is 65.0 Å². The van der Waals surface area contributed by atoms with Gasteiger partial charge in [0.1, 0.15) is 5.76 Å². The molecule has 1 aromatic heterocycles. The van der Waals surface area contributed by atoms with Crippen molar-refractivity contribution in [2.75, 3.05) is 6.54 Å². The lowest BCUT2D eigenvalue weighted by atomic mass is 9.76. The number of benzene rings is 2. The van der Waals surface area contributed by atoms with E-state index in [1.54, 1.807) is 44.2 Å². The van der Waals surface area contributed by atoms with Crippen LogP contribution in [0.25, 0.3) is 11.1 Å². The Morgan fingerprint density at radius 1 is 1.10 bits per heavy atom. The lowest BCUT2D eigenvalue weighted by Crippen LogP contribution is -2.33. The van der Waals surface area contributed by atoms with Gasteiger partial charge >= 0.3 is 7.12 Å². The molecule has 0 radical (unpaired) electrons. The molecule has 3 rings (SSSR count). The predicted octanol–water partition coefficient (Wildman–Crippen LogP) is 1.86. The second kappa shape index (κ2) is 9.14. The molecule has 30 heavy (non-hydrogen) atoms. The first-order chi connectivity index (χ1) is 14.2. The smallest absolute Gasteiger partial charge is 0.423 e. The van der Waals surface area contributed by atoms with Gasteiger partial charge in [0.15, 0.2) is 0 Å². The number of nitrogens with zero attached hydrogens (tertiary/aromatic N) is 1. The van der Waals surface area contributed by atoms with Gasteiger partial charge in [-0.3, -0.25) is 0 Å². The van der Waals surface area contributed by atoms with Crippen LogP contribution in [0.2, 0.25) is 0 Å². The van der Waals surface area contributed by atoms with Crippen molar-refractivity contribution in [1.82, 2.24) is 9.88 Å². The van der Waals surface area contributed by atoms with Gasteiger partial charge in [0, 0.05) is 12.1 Å². The molecule has 1 heterocycles. The summed E-state index contributed by atoms with van der Waals surface area (Å²) in [5.41, 5.74) is 4.10. The van der Waals surface area contributed by atoms with Gasteiger partial charge in [-0.25, -0.2) is 13.1 Å². The Hall–Kier alpha value is -2.46. The van der Waals surface area contributed by atoms with Crippen molar-refractivity contribution < 1.29 is 23.0 Å². The molecule has 0 aliphatic rings. The number of aryl methyl sites for hydroxylation is 4. The fourth-order valence-corrected chi connectivity index (χ4v) is 4.86. The Morgan fingerprint density at radius 3 is 2.50 bits per heavy atom. The number of sulfonamides is 1. The highest BCUT2D eigenvalue weighted by Crippen LogP contribution is 2.30. The largest absolute Gasteiger partial charge is 0.488 e. The van der Waals surface area contributed by atoms with Crippen molar-refractivity contribution in [3.8, 4) is 11.1 Å². The minimum atomic E-state index is -3.71. The molecule has 0 fully saturated rings. The Labute approximate surface area is 176 Å². The molecule has 9 heteroatoms. The lowest BCUT2D eigenvalue weighted by Gasteiger charge is -2.12. The van der Waals surface area contributed by atoms with E-state index in [-0.39, 0.29) is 11.4 Å². The van der Waals surface area contributed by atoms with Gasteiger partial charge in [-0.1, -0.05) is 41.6 Å². The second-order valence-electron chi connectivity index (χ2n) is 7.25. The maximum atomic E-state index is 12.9. The molecule has 0 saturated carbocycles. The summed E-state index contributed by atoms with van der Waals surface area (Å²) in [5.74, 6) is 0.636. The average molecular weight is 428 g/mol. The van der Waals surface area contributed by atoms with Crippen LogP contribution < -0.4 is 10.2 Å². The first-order valence-corrected chi connectivity index (χ1v) is 11.2. The van der Waals surface area contributed by atoms with E-state index in [0.29, 0.717) is 35.3 Å². The summed E-state index contributed by atoms with van der Waals surface area (Å²) in [6.07, 6.45) is 1.04. The second-order valence-corrected chi connectivity index (χ2v) is 8.99. The molecule has 3 aromatic rings. The molecule has 0 unspecified atom stereocenters. The van der Waals surface area contributed by atoms with Gasteiger partial charge in [-0.15, -0.1) is 0 Å². The minimum Gasteiger partial charge on any atom is -0.423 e. The fraction of sp³-hybridized carbons (Fsp3) is 0.286. The zero-order chi connectivity index (χ0) is 21.9. The maximum absolute atomic E-state index is 12.9. The summed E-state index contributed by atoms with van der Waals surface area (Å²) in [7, 11) is -5.26. The van der Waals surface area contributed by atoms with E-state index in [0.717, 1.165) is 16.7 Å². The molecule has 0 aliphatic heterocycles. The van der Waals surface area contributed by atoms with Gasteiger partial charge in [0.2, 0.25) is 10.0 Å². The first-order valence-electron chi connectivity index (χ1n) is 9.68. The SMILES string of the molecule is Cc1ccc(-c2c(C)noc2C)cc1S(=O)(=O)NCCCc1ccccc1B(O)O. The third-order valence-electron chi connectivity index (χ3n) is 5.05. The zero-order valence-electron chi connectivity index (χ0n) is 17.2. The van der Waals surface area contributed by atoms with E-state index >= 15 is 0 Å². The summed E-state index contributed by atoms with van der Waals surface area (Å²) in [5, 5.41) is 22.8. The number of rotatable bonds is 8. The van der Waals surface area contributed by atoms with Gasteiger partial charge in [0.25, 0.3) is 0 Å². The third kappa shape index (κ3) is 4.81. The van der Waals surface area contributed by atoms with Crippen molar-refractivity contribution in [2.45, 2.75) is 38.5 Å². The quantitative estimate of drug-likeness (QED) is 0.373. The van der Waals surface area contributed by atoms with Crippen LogP contribution in [0.15, 0.2) is 51.9 Å². The summed E-state index contributed by atoms with van der Waals surface area (Å²) >= 11 is 0. The molecular weight excluding hydrogens is 403 g/mol. The highest BCUT2D eigenvalue weighted by atomic mass is 32.2. The predicted molar refractivity (Wildman–Crippen MR) is 116 cm³/mol. The Kier molecular flexibility index (Phi) is 6.77. The molecule has 0 bridgehead atoms. The molecule has 2 aromatic carbocycles. The van der Waals surface area contributed by atoms with Crippen LogP contribution in [0.4, 0.5) is 0 Å². The monoisotopic (exact) mass is 428 g/mol. The third-order valence-corrected chi connectivity index (χ3v) is 6.65. The Balaban J connectivity index is 1.73. The zero-order valence-corrected chi connectivity index (χ0v) is 18.0. The number of aromatic nitrogens is 1. The van der Waals surface area contributed by atoms with E-state index in [9.17, 15) is 18.5 Å². The Bertz CT molecular complexity index is 1120. The van der Waals surface area contributed by atoms with E-state index in [4.69, 9.17) is 4.52 Å². The standard InChI is InChI=1S/C21H25BN2O5S/c1-14-10-11-18(21-15(2)24-29-16(21)3)13-20(14)30(27,28)23-12-6-8-17-7-4-5-9-19(17)22(25)26/h4-5,7,9-11,13,23,25-26H,6,8,12H2,1-3H3. The van der Waals surface area contributed by atoms with E-state index < -0.39 is 17.1 Å². The Morgan fingerprint density at radius 2 is 1.83 bits per heavy atom. The van der Waals surface area contributed by atoms with Crippen molar-refractivity contribution in [1.29, 1.82) is 0 Å². The fourth-order valence-electron chi connectivity index (χ4n) is 3.52. The van der Waals surface area contributed by atoms with Crippen LogP contribution in [-0.2, 0) is 16.4 Å². The first kappa shape index (κ1) is 22.2. The van der Waals surface area contributed by atoms with Crippen molar-refractivity contribution >= 4 is 22.6 Å². The minimum absolute atomic E-state index is 0.214. The van der Waals surface area contributed by atoms with Crippen molar-refractivity contribution in [2.24, 2.45) is 0 Å². The summed E-state index contributed by atoms with van der Waals surface area (Å²) in [6.45, 7) is 5.60.